The molecule has 1 aromatic heterocycles. The van der Waals surface area contributed by atoms with Crippen LogP contribution < -0.4 is 15.8 Å². The molecule has 0 radical (unpaired) electrons. The maximum absolute atomic E-state index is 13.2. The number of carbonyl (C=O) groups is 1. The molecule has 0 saturated carbocycles. The lowest BCUT2D eigenvalue weighted by molar-refractivity contribution is -0.119. The number of nitrogens with zero attached hydrogens (tertiary/aromatic N) is 3. The van der Waals surface area contributed by atoms with Crippen LogP contribution in [0.2, 0.25) is 0 Å². The second-order valence-electron chi connectivity index (χ2n) is 7.89. The number of carbonyl (C=O) groups excluding carboxylic acids is 1. The minimum atomic E-state index is -0.975. The van der Waals surface area contributed by atoms with Gasteiger partial charge < -0.3 is 10.2 Å². The molecule has 3 heterocycles. The Morgan fingerprint density at radius 2 is 2.00 bits per heavy atom. The van der Waals surface area contributed by atoms with Crippen LogP contribution in [0.4, 0.5) is 11.8 Å². The normalized spacial score (nSPS) is 23.8. The van der Waals surface area contributed by atoms with Crippen LogP contribution in [0.15, 0.2) is 29.1 Å². The highest BCUT2D eigenvalue weighted by Gasteiger charge is 2.40. The Balaban J connectivity index is 1.83. The third kappa shape index (κ3) is 3.39. The van der Waals surface area contributed by atoms with Crippen molar-refractivity contribution in [3.8, 4) is 6.07 Å². The van der Waals surface area contributed by atoms with Crippen LogP contribution in [-0.4, -0.2) is 28.5 Å². The minimum Gasteiger partial charge on any atom is -0.339 e. The van der Waals surface area contributed by atoms with Gasteiger partial charge in [-0.3, -0.25) is 14.6 Å². The quantitative estimate of drug-likeness (QED) is 0.837. The van der Waals surface area contributed by atoms with Crippen LogP contribution in [-0.2, 0) is 4.79 Å². The molecule has 1 amide bonds. The van der Waals surface area contributed by atoms with Gasteiger partial charge in [0, 0.05) is 18.5 Å². The summed E-state index contributed by atoms with van der Waals surface area (Å²) in [5.41, 5.74) is 1.90. The highest BCUT2D eigenvalue weighted by molar-refractivity contribution is 5.98. The van der Waals surface area contributed by atoms with Crippen LogP contribution >= 0.6 is 0 Å². The van der Waals surface area contributed by atoms with E-state index in [-0.39, 0.29) is 11.4 Å². The summed E-state index contributed by atoms with van der Waals surface area (Å²) in [6, 6.07) is 9.99. The van der Waals surface area contributed by atoms with Crippen molar-refractivity contribution in [2.75, 3.05) is 16.8 Å². The number of H-pyrrole nitrogens is 1. The number of hydrogen-bond donors (Lipinski definition) is 2. The van der Waals surface area contributed by atoms with E-state index in [0.717, 1.165) is 36.9 Å². The molecule has 7 nitrogen and oxygen atoms in total. The number of aryl methyl sites for hydroxylation is 1. The summed E-state index contributed by atoms with van der Waals surface area (Å²) in [5, 5.41) is 12.3. The third-order valence-electron chi connectivity index (χ3n) is 6.06. The van der Waals surface area contributed by atoms with Crippen LogP contribution in [0.5, 0.6) is 0 Å². The molecule has 0 bridgehead atoms. The molecular formula is C22H25N5O2. The first kappa shape index (κ1) is 19.2. The number of hydrogen-bond acceptors (Lipinski definition) is 5. The summed E-state index contributed by atoms with van der Waals surface area (Å²) in [7, 11) is 0. The molecule has 7 heteroatoms. The molecule has 1 fully saturated rings. The number of piperidine rings is 1. The Morgan fingerprint density at radius 3 is 2.69 bits per heavy atom. The Hall–Kier alpha value is -3.14. The third-order valence-corrected chi connectivity index (χ3v) is 6.06. The summed E-state index contributed by atoms with van der Waals surface area (Å²) in [6.45, 7) is 4.93. The first-order valence-corrected chi connectivity index (χ1v) is 10.2. The Labute approximate surface area is 169 Å². The van der Waals surface area contributed by atoms with Gasteiger partial charge in [0.1, 0.15) is 11.7 Å². The van der Waals surface area contributed by atoms with E-state index in [9.17, 15) is 14.9 Å². The van der Waals surface area contributed by atoms with Gasteiger partial charge in [-0.05, 0) is 38.2 Å². The van der Waals surface area contributed by atoms with Crippen LogP contribution in [0.25, 0.3) is 0 Å². The molecule has 1 aromatic carbocycles. The fourth-order valence-corrected chi connectivity index (χ4v) is 4.47. The van der Waals surface area contributed by atoms with E-state index in [1.54, 1.807) is 0 Å². The van der Waals surface area contributed by atoms with Gasteiger partial charge in [0.25, 0.3) is 5.56 Å². The Kier molecular flexibility index (Phi) is 5.10. The molecule has 2 N–H and O–H groups in total. The van der Waals surface area contributed by atoms with Gasteiger partial charge in [0.2, 0.25) is 11.9 Å². The van der Waals surface area contributed by atoms with Crippen LogP contribution in [0.3, 0.4) is 0 Å². The minimum absolute atomic E-state index is 0.270. The molecule has 3 atom stereocenters. The Morgan fingerprint density at radius 1 is 1.24 bits per heavy atom. The number of amides is 1. The van der Waals surface area contributed by atoms with Gasteiger partial charge in [-0.1, -0.05) is 36.8 Å². The van der Waals surface area contributed by atoms with Crippen molar-refractivity contribution in [2.45, 2.75) is 51.5 Å². The van der Waals surface area contributed by atoms with E-state index in [1.165, 1.54) is 6.42 Å². The molecular weight excluding hydrogens is 366 g/mol. The van der Waals surface area contributed by atoms with Crippen molar-refractivity contribution in [2.24, 2.45) is 5.92 Å². The van der Waals surface area contributed by atoms with Crippen molar-refractivity contribution in [1.82, 2.24) is 9.97 Å². The number of aromatic amines is 1. The zero-order valence-electron chi connectivity index (χ0n) is 16.7. The molecule has 3 unspecified atom stereocenters. The second-order valence-corrected chi connectivity index (χ2v) is 7.89. The van der Waals surface area contributed by atoms with Crippen LogP contribution in [0.1, 0.15) is 55.2 Å². The number of benzene rings is 1. The number of nitriles is 1. The lowest BCUT2D eigenvalue weighted by Gasteiger charge is -2.36. The van der Waals surface area contributed by atoms with Crippen molar-refractivity contribution >= 4 is 17.7 Å². The van der Waals surface area contributed by atoms with Crippen molar-refractivity contribution in [3.05, 3.63) is 51.3 Å². The van der Waals surface area contributed by atoms with E-state index in [0.29, 0.717) is 17.6 Å². The van der Waals surface area contributed by atoms with Gasteiger partial charge in [-0.25, -0.2) is 0 Å². The number of fused-ring (bicyclic) bond motifs is 1. The largest absolute Gasteiger partial charge is 0.339 e. The molecule has 2 aliphatic heterocycles. The lowest BCUT2D eigenvalue weighted by atomic mass is 9.79. The van der Waals surface area contributed by atoms with Gasteiger partial charge in [0.15, 0.2) is 0 Å². The smallest absolute Gasteiger partial charge is 0.258 e. The SMILES string of the molecule is CCC1CCCCN1c1nc2c(c(=O)[nH]1)C(c1ccc(C)cc1)C(C#N)C(=O)N2. The molecule has 29 heavy (non-hydrogen) atoms. The summed E-state index contributed by atoms with van der Waals surface area (Å²) in [5.74, 6) is -1.26. The van der Waals surface area contributed by atoms with Crippen molar-refractivity contribution < 1.29 is 4.79 Å². The molecule has 150 valence electrons. The molecule has 0 spiro atoms. The van der Waals surface area contributed by atoms with Crippen LogP contribution in [0, 0.1) is 24.2 Å². The molecule has 2 aromatic rings. The van der Waals surface area contributed by atoms with E-state index in [2.05, 4.69) is 33.2 Å². The molecule has 4 rings (SSSR count). The Bertz CT molecular complexity index is 1020. The molecule has 1 saturated heterocycles. The number of nitrogens with one attached hydrogen (secondary N) is 2. The average Bonchev–Trinajstić information content (AvgIpc) is 2.73. The summed E-state index contributed by atoms with van der Waals surface area (Å²) >= 11 is 0. The van der Waals surface area contributed by atoms with Crippen molar-refractivity contribution in [3.63, 3.8) is 0 Å². The zero-order chi connectivity index (χ0) is 20.5. The second kappa shape index (κ2) is 7.70. The number of anilines is 2. The molecule has 0 aliphatic carbocycles. The summed E-state index contributed by atoms with van der Waals surface area (Å²) < 4.78 is 0. The van der Waals surface area contributed by atoms with Gasteiger partial charge in [-0.15, -0.1) is 0 Å². The predicted molar refractivity (Wildman–Crippen MR) is 111 cm³/mol. The first-order chi connectivity index (χ1) is 14.0. The first-order valence-electron chi connectivity index (χ1n) is 10.2. The fraction of sp³-hybridized carbons (Fsp3) is 0.455. The zero-order valence-corrected chi connectivity index (χ0v) is 16.7. The maximum Gasteiger partial charge on any atom is 0.258 e. The predicted octanol–water partition coefficient (Wildman–Crippen LogP) is 3.07. The fourth-order valence-electron chi connectivity index (χ4n) is 4.47. The standard InChI is InChI=1S/C22H25N5O2/c1-3-15-6-4-5-11-27(15)22-25-19-18(21(29)26-22)17(16(12-23)20(28)24-19)14-9-7-13(2)8-10-14/h7-10,15-17H,3-6,11H2,1-2H3,(H2,24,25,26,28,29). The summed E-state index contributed by atoms with van der Waals surface area (Å²) in [6.07, 6.45) is 4.24. The van der Waals surface area contributed by atoms with E-state index >= 15 is 0 Å². The number of rotatable bonds is 3. The molecule has 2 aliphatic rings. The lowest BCUT2D eigenvalue weighted by Crippen LogP contribution is -2.43. The summed E-state index contributed by atoms with van der Waals surface area (Å²) in [4.78, 5) is 35.5. The van der Waals surface area contributed by atoms with Gasteiger partial charge in [-0.2, -0.15) is 10.2 Å². The average molecular weight is 391 g/mol. The number of aromatic nitrogens is 2. The van der Waals surface area contributed by atoms with E-state index in [1.807, 2.05) is 31.2 Å². The van der Waals surface area contributed by atoms with Crippen molar-refractivity contribution in [1.29, 1.82) is 5.26 Å². The monoisotopic (exact) mass is 391 g/mol. The highest BCUT2D eigenvalue weighted by atomic mass is 16.2. The van der Waals surface area contributed by atoms with Gasteiger partial charge >= 0.3 is 0 Å². The van der Waals surface area contributed by atoms with Gasteiger partial charge in [0.05, 0.1) is 11.6 Å². The topological polar surface area (TPSA) is 102 Å². The maximum atomic E-state index is 13.2. The van der Waals surface area contributed by atoms with E-state index < -0.39 is 17.7 Å². The van der Waals surface area contributed by atoms with E-state index in [4.69, 9.17) is 0 Å². The highest BCUT2D eigenvalue weighted by Crippen LogP contribution is 2.38.